The molecule has 46 heavy (non-hydrogen) atoms. The first kappa shape index (κ1) is 33.1. The molecule has 2 aromatic carbocycles. The highest BCUT2D eigenvalue weighted by molar-refractivity contribution is 8.26. The van der Waals surface area contributed by atoms with Crippen LogP contribution in [0, 0.1) is 18.3 Å². The minimum absolute atomic E-state index is 0.109. The van der Waals surface area contributed by atoms with E-state index in [-0.39, 0.29) is 17.0 Å². The molecule has 3 heterocycles. The highest BCUT2D eigenvalue weighted by Crippen LogP contribution is 2.37. The second kappa shape index (κ2) is 14.9. The van der Waals surface area contributed by atoms with Gasteiger partial charge < -0.3 is 19.3 Å². The average Bonchev–Trinajstić information content (AvgIpc) is 3.35. The van der Waals surface area contributed by atoms with E-state index in [0.717, 1.165) is 42.9 Å². The van der Waals surface area contributed by atoms with E-state index in [1.165, 1.54) is 17.4 Å². The first-order valence-corrected chi connectivity index (χ1v) is 16.7. The van der Waals surface area contributed by atoms with Crippen molar-refractivity contribution >= 4 is 51.8 Å². The van der Waals surface area contributed by atoms with Gasteiger partial charge in [0.2, 0.25) is 0 Å². The number of thiocarbonyl (C=S) groups is 1. The molecule has 3 aromatic rings. The first-order valence-electron chi connectivity index (χ1n) is 15.5. The maximum atomic E-state index is 13.8. The molecule has 0 aliphatic carbocycles. The average molecular weight is 658 g/mol. The molecule has 0 unspecified atom stereocenters. The van der Waals surface area contributed by atoms with E-state index < -0.39 is 0 Å². The van der Waals surface area contributed by atoms with Gasteiger partial charge in [-0.2, -0.15) is 5.26 Å². The van der Waals surface area contributed by atoms with Gasteiger partial charge in [-0.1, -0.05) is 61.6 Å². The van der Waals surface area contributed by atoms with E-state index in [9.17, 15) is 14.9 Å². The molecule has 5 rings (SSSR count). The van der Waals surface area contributed by atoms with E-state index in [1.807, 2.05) is 42.5 Å². The summed E-state index contributed by atoms with van der Waals surface area (Å²) in [4.78, 5) is 34.2. The summed E-state index contributed by atoms with van der Waals surface area (Å²) in [6.07, 6.45) is 4.11. The lowest BCUT2D eigenvalue weighted by Crippen LogP contribution is -2.48. The van der Waals surface area contributed by atoms with Crippen molar-refractivity contribution in [3.8, 4) is 17.6 Å². The number of carbonyl (C=O) groups is 1. The maximum absolute atomic E-state index is 13.8. The Morgan fingerprint density at radius 3 is 2.33 bits per heavy atom. The second-order valence-electron chi connectivity index (χ2n) is 11.2. The van der Waals surface area contributed by atoms with Crippen LogP contribution in [0.5, 0.6) is 11.5 Å². The summed E-state index contributed by atoms with van der Waals surface area (Å²) in [5.74, 6) is 1.85. The number of rotatable bonds is 11. The number of hydrogen-bond acceptors (Lipinski definition) is 9. The van der Waals surface area contributed by atoms with Crippen molar-refractivity contribution in [3.05, 3.63) is 86.0 Å². The lowest BCUT2D eigenvalue weighted by atomic mass is 10.0. The van der Waals surface area contributed by atoms with Crippen LogP contribution in [0.2, 0.25) is 0 Å². The molecule has 2 saturated heterocycles. The minimum atomic E-state index is -0.284. The molecule has 0 atom stereocenters. The third-order valence-electron chi connectivity index (χ3n) is 8.50. The summed E-state index contributed by atoms with van der Waals surface area (Å²) in [6, 6.07) is 18.2. The number of thioether (sulfide) groups is 1. The Bertz CT molecular complexity index is 1740. The maximum Gasteiger partial charge on any atom is 0.270 e. The first-order chi connectivity index (χ1) is 22.3. The largest absolute Gasteiger partial charge is 0.493 e. The van der Waals surface area contributed by atoms with Crippen LogP contribution in [0.15, 0.2) is 58.2 Å². The van der Waals surface area contributed by atoms with Crippen LogP contribution < -0.4 is 24.8 Å². The van der Waals surface area contributed by atoms with E-state index in [1.54, 1.807) is 30.6 Å². The van der Waals surface area contributed by atoms with Crippen LogP contribution in [-0.2, 0) is 17.8 Å². The number of methoxy groups -OCH3 is 2. The Morgan fingerprint density at radius 2 is 1.67 bits per heavy atom. The van der Waals surface area contributed by atoms with Gasteiger partial charge in [0.15, 0.2) is 11.5 Å². The Hall–Kier alpha value is -4.27. The van der Waals surface area contributed by atoms with Gasteiger partial charge in [-0.25, -0.2) is 0 Å². The molecule has 9 nitrogen and oxygen atoms in total. The van der Waals surface area contributed by atoms with Gasteiger partial charge in [-0.15, -0.1) is 0 Å². The van der Waals surface area contributed by atoms with Gasteiger partial charge in [0.1, 0.15) is 21.8 Å². The number of pyridine rings is 1. The van der Waals surface area contributed by atoms with E-state index in [2.05, 4.69) is 34.9 Å². The summed E-state index contributed by atoms with van der Waals surface area (Å²) in [6.45, 7) is 7.73. The van der Waals surface area contributed by atoms with Gasteiger partial charge in [0.25, 0.3) is 11.5 Å². The van der Waals surface area contributed by atoms with Crippen molar-refractivity contribution < 1.29 is 14.3 Å². The molecule has 11 heteroatoms. The fourth-order valence-electron chi connectivity index (χ4n) is 5.92. The quantitative estimate of drug-likeness (QED) is 0.193. The zero-order valence-electron chi connectivity index (χ0n) is 26.7. The van der Waals surface area contributed by atoms with Crippen molar-refractivity contribution in [1.82, 2.24) is 9.47 Å². The Labute approximate surface area is 280 Å². The SMILES string of the molecule is CCCCn1c(N2CCN(c3ccccc3)CC2)c(/C=C2/SC(=S)N(CCc3ccc(OC)c(OC)c3)C2=O)c(C)c(C#N)c1=O. The number of aromatic nitrogens is 1. The molecule has 0 spiro atoms. The number of piperazine rings is 1. The monoisotopic (exact) mass is 657 g/mol. The molecule has 2 aliphatic rings. The summed E-state index contributed by atoms with van der Waals surface area (Å²) in [5.41, 5.74) is 3.28. The summed E-state index contributed by atoms with van der Waals surface area (Å²) < 4.78 is 13.0. The Kier molecular flexibility index (Phi) is 10.7. The number of hydrogen-bond donors (Lipinski definition) is 0. The Balaban J connectivity index is 1.47. The standard InChI is InChI=1S/C35H39N5O4S2/c1-5-6-15-39-32(38-19-17-37(18-20-38)26-10-8-7-9-11-26)27(24(2)28(23-36)33(39)41)22-31-34(42)40(35(45)46-31)16-14-25-12-13-29(43-3)30(21-25)44-4/h7-13,21-22H,5-6,14-20H2,1-4H3/b31-22+. The molecular formula is C35H39N5O4S2. The summed E-state index contributed by atoms with van der Waals surface area (Å²) >= 11 is 6.93. The molecule has 0 N–H and O–H groups in total. The lowest BCUT2D eigenvalue weighted by Gasteiger charge is -2.39. The number of anilines is 2. The topological polar surface area (TPSA) is 91.0 Å². The van der Waals surface area contributed by atoms with Crippen LogP contribution in [0.1, 0.15) is 42.0 Å². The number of nitrogens with zero attached hydrogens (tertiary/aromatic N) is 5. The molecule has 240 valence electrons. The van der Waals surface area contributed by atoms with Crippen LogP contribution in [0.3, 0.4) is 0 Å². The van der Waals surface area contributed by atoms with Gasteiger partial charge in [-0.3, -0.25) is 19.1 Å². The van der Waals surface area contributed by atoms with Crippen LogP contribution in [-0.4, -0.2) is 66.6 Å². The summed E-state index contributed by atoms with van der Waals surface area (Å²) in [7, 11) is 3.19. The van der Waals surface area contributed by atoms with Crippen molar-refractivity contribution in [3.63, 3.8) is 0 Å². The number of nitriles is 1. The fraction of sp³-hybridized carbons (Fsp3) is 0.371. The van der Waals surface area contributed by atoms with Crippen molar-refractivity contribution in [2.45, 2.75) is 39.7 Å². The highest BCUT2D eigenvalue weighted by atomic mass is 32.2. The molecule has 0 radical (unpaired) electrons. The predicted octanol–water partition coefficient (Wildman–Crippen LogP) is 5.62. The lowest BCUT2D eigenvalue weighted by molar-refractivity contribution is -0.122. The molecular weight excluding hydrogens is 619 g/mol. The number of amides is 1. The molecule has 1 amide bonds. The smallest absolute Gasteiger partial charge is 0.270 e. The van der Waals surface area contributed by atoms with E-state index >= 15 is 0 Å². The van der Waals surface area contributed by atoms with Crippen molar-refractivity contribution in [2.24, 2.45) is 0 Å². The van der Waals surface area contributed by atoms with Gasteiger partial charge in [-0.05, 0) is 61.2 Å². The van der Waals surface area contributed by atoms with E-state index in [4.69, 9.17) is 21.7 Å². The van der Waals surface area contributed by atoms with Crippen molar-refractivity contribution in [1.29, 1.82) is 5.26 Å². The Morgan fingerprint density at radius 1 is 0.978 bits per heavy atom. The predicted molar refractivity (Wildman–Crippen MR) is 189 cm³/mol. The minimum Gasteiger partial charge on any atom is -0.493 e. The number of benzene rings is 2. The van der Waals surface area contributed by atoms with Gasteiger partial charge >= 0.3 is 0 Å². The normalized spacial score (nSPS) is 15.9. The van der Waals surface area contributed by atoms with Crippen LogP contribution in [0.25, 0.3) is 6.08 Å². The van der Waals surface area contributed by atoms with Gasteiger partial charge in [0.05, 0.1) is 19.1 Å². The second-order valence-corrected chi connectivity index (χ2v) is 12.9. The third kappa shape index (κ3) is 6.78. The molecule has 2 aliphatic heterocycles. The van der Waals surface area contributed by atoms with Gasteiger partial charge in [0, 0.05) is 50.5 Å². The molecule has 1 aromatic heterocycles. The zero-order valence-corrected chi connectivity index (χ0v) is 28.4. The molecule has 2 fully saturated rings. The zero-order chi connectivity index (χ0) is 32.8. The molecule has 0 bridgehead atoms. The van der Waals surface area contributed by atoms with Crippen LogP contribution >= 0.6 is 24.0 Å². The fourth-order valence-corrected chi connectivity index (χ4v) is 7.22. The molecule has 0 saturated carbocycles. The summed E-state index contributed by atoms with van der Waals surface area (Å²) in [5, 5.41) is 10.1. The number of ether oxygens (including phenoxy) is 2. The van der Waals surface area contributed by atoms with Crippen LogP contribution in [0.4, 0.5) is 11.5 Å². The van der Waals surface area contributed by atoms with E-state index in [0.29, 0.717) is 58.9 Å². The van der Waals surface area contributed by atoms with Crippen molar-refractivity contribution in [2.75, 3.05) is 56.7 Å². The highest BCUT2D eigenvalue weighted by Gasteiger charge is 2.33. The number of unbranched alkanes of at least 4 members (excludes halogenated alkanes) is 1. The number of para-hydroxylation sites is 1. The third-order valence-corrected chi connectivity index (χ3v) is 9.88. The number of carbonyl (C=O) groups excluding carboxylic acids is 1.